The maximum Gasteiger partial charge on any atom is 0.238 e. The number of thiophene rings is 1. The summed E-state index contributed by atoms with van der Waals surface area (Å²) in [5, 5.41) is 5.83. The summed E-state index contributed by atoms with van der Waals surface area (Å²) >= 11 is 1.68. The Balaban J connectivity index is 2.09. The van der Waals surface area contributed by atoms with Crippen LogP contribution in [0.5, 0.6) is 0 Å². The van der Waals surface area contributed by atoms with Gasteiger partial charge >= 0.3 is 0 Å². The molecule has 2 aromatic heterocycles. The van der Waals surface area contributed by atoms with E-state index in [2.05, 4.69) is 5.16 Å². The van der Waals surface area contributed by atoms with E-state index in [9.17, 15) is 8.42 Å². The first kappa shape index (κ1) is 11.3. The average Bonchev–Trinajstić information content (AvgIpc) is 2.81. The maximum absolute atomic E-state index is 11.1. The lowest BCUT2D eigenvalue weighted by Crippen LogP contribution is -2.04. The highest BCUT2D eigenvalue weighted by atomic mass is 35.7. The third kappa shape index (κ3) is 2.00. The van der Waals surface area contributed by atoms with E-state index in [4.69, 9.17) is 15.2 Å². The van der Waals surface area contributed by atoms with Crippen LogP contribution in [-0.2, 0) is 27.6 Å². The van der Waals surface area contributed by atoms with E-state index >= 15 is 0 Å². The quantitative estimate of drug-likeness (QED) is 0.797. The largest absolute Gasteiger partial charge is 0.356 e. The number of aryl methyl sites for hydroxylation is 1. The molecule has 4 nitrogen and oxygen atoms in total. The second-order valence-electron chi connectivity index (χ2n) is 3.88. The van der Waals surface area contributed by atoms with E-state index in [0.29, 0.717) is 11.5 Å². The average molecular weight is 290 g/mol. The van der Waals surface area contributed by atoms with Gasteiger partial charge in [-0.1, -0.05) is 5.16 Å². The molecule has 2 aromatic rings. The van der Waals surface area contributed by atoms with Gasteiger partial charge in [0.1, 0.15) is 11.4 Å². The van der Waals surface area contributed by atoms with Crippen LogP contribution in [-0.4, -0.2) is 13.6 Å². The highest BCUT2D eigenvalue weighted by molar-refractivity contribution is 8.13. The Labute approximate surface area is 107 Å². The number of halogens is 1. The van der Waals surface area contributed by atoms with Crippen molar-refractivity contribution in [1.82, 2.24) is 5.16 Å². The summed E-state index contributed by atoms with van der Waals surface area (Å²) in [6.45, 7) is 0. The van der Waals surface area contributed by atoms with Crippen molar-refractivity contribution in [3.63, 3.8) is 0 Å². The van der Waals surface area contributed by atoms with E-state index in [1.165, 1.54) is 4.88 Å². The van der Waals surface area contributed by atoms with Crippen molar-refractivity contribution in [1.29, 1.82) is 0 Å². The van der Waals surface area contributed by atoms with Crippen molar-refractivity contribution in [2.45, 2.75) is 18.6 Å². The van der Waals surface area contributed by atoms with E-state index in [-0.39, 0.29) is 5.75 Å². The van der Waals surface area contributed by atoms with Crippen molar-refractivity contribution < 1.29 is 12.9 Å². The molecule has 0 unspecified atom stereocenters. The van der Waals surface area contributed by atoms with Crippen LogP contribution in [0.3, 0.4) is 0 Å². The fourth-order valence-electron chi connectivity index (χ4n) is 2.06. The van der Waals surface area contributed by atoms with Crippen LogP contribution in [0.15, 0.2) is 16.0 Å². The van der Waals surface area contributed by atoms with Crippen molar-refractivity contribution in [3.05, 3.63) is 27.6 Å². The van der Waals surface area contributed by atoms with Gasteiger partial charge in [-0.15, -0.1) is 11.3 Å². The predicted octanol–water partition coefficient (Wildman–Crippen LogP) is 2.57. The highest BCUT2D eigenvalue weighted by Gasteiger charge is 2.26. The lowest BCUT2D eigenvalue weighted by atomic mass is 9.96. The Kier molecular flexibility index (Phi) is 2.53. The van der Waals surface area contributed by atoms with Crippen LogP contribution >= 0.6 is 22.0 Å². The molecule has 90 valence electrons. The molecule has 0 radical (unpaired) electrons. The van der Waals surface area contributed by atoms with Gasteiger partial charge in [-0.3, -0.25) is 0 Å². The molecule has 0 amide bonds. The summed E-state index contributed by atoms with van der Waals surface area (Å²) in [6.07, 6.45) is 1.66. The summed E-state index contributed by atoms with van der Waals surface area (Å²) < 4.78 is 27.4. The van der Waals surface area contributed by atoms with Crippen LogP contribution in [0.4, 0.5) is 0 Å². The highest BCUT2D eigenvalue weighted by Crippen LogP contribution is 2.38. The molecule has 3 rings (SSSR count). The molecule has 17 heavy (non-hydrogen) atoms. The fourth-order valence-corrected chi connectivity index (χ4v) is 3.80. The smallest absolute Gasteiger partial charge is 0.238 e. The lowest BCUT2D eigenvalue weighted by Gasteiger charge is -2.09. The zero-order valence-corrected chi connectivity index (χ0v) is 11.0. The zero-order valence-electron chi connectivity index (χ0n) is 8.64. The number of rotatable bonds is 2. The molecule has 1 aliphatic rings. The van der Waals surface area contributed by atoms with Gasteiger partial charge in [-0.25, -0.2) is 8.42 Å². The molecule has 0 fully saturated rings. The summed E-state index contributed by atoms with van der Waals surface area (Å²) in [5.41, 5.74) is 2.34. The molecule has 0 saturated heterocycles. The van der Waals surface area contributed by atoms with Crippen molar-refractivity contribution in [3.8, 4) is 11.3 Å². The molecule has 0 bridgehead atoms. The SMILES string of the molecule is O=S(=O)(Cl)Cc1noc2c1CCc1sccc1-2. The summed E-state index contributed by atoms with van der Waals surface area (Å²) in [4.78, 5) is 1.26. The van der Waals surface area contributed by atoms with Gasteiger partial charge in [-0.05, 0) is 24.3 Å². The molecule has 7 heteroatoms. The second kappa shape index (κ2) is 3.83. The molecule has 1 aliphatic carbocycles. The Hall–Kier alpha value is -0.850. The van der Waals surface area contributed by atoms with E-state index in [1.807, 2.05) is 11.4 Å². The normalized spacial score (nSPS) is 14.4. The van der Waals surface area contributed by atoms with Crippen molar-refractivity contribution in [2.24, 2.45) is 0 Å². The van der Waals surface area contributed by atoms with E-state index < -0.39 is 9.05 Å². The summed E-state index contributed by atoms with van der Waals surface area (Å²) in [7, 11) is 1.65. The van der Waals surface area contributed by atoms with Gasteiger partial charge in [0.05, 0.1) is 0 Å². The Morgan fingerprint density at radius 2 is 2.29 bits per heavy atom. The first-order valence-corrected chi connectivity index (χ1v) is 8.37. The van der Waals surface area contributed by atoms with Gasteiger partial charge in [0, 0.05) is 26.7 Å². The van der Waals surface area contributed by atoms with Crippen molar-refractivity contribution in [2.75, 3.05) is 0 Å². The zero-order chi connectivity index (χ0) is 12.0. The number of aromatic nitrogens is 1. The van der Waals surface area contributed by atoms with Crippen LogP contribution < -0.4 is 0 Å². The van der Waals surface area contributed by atoms with Crippen LogP contribution in [0.1, 0.15) is 16.1 Å². The van der Waals surface area contributed by atoms with Gasteiger partial charge in [0.2, 0.25) is 9.05 Å². The predicted molar refractivity (Wildman–Crippen MR) is 65.7 cm³/mol. The molecule has 0 spiro atoms. The minimum atomic E-state index is -3.59. The minimum Gasteiger partial charge on any atom is -0.356 e. The van der Waals surface area contributed by atoms with Crippen LogP contribution in [0, 0.1) is 0 Å². The van der Waals surface area contributed by atoms with E-state index in [1.54, 1.807) is 11.3 Å². The molecule has 0 aliphatic heterocycles. The molecule has 0 atom stereocenters. The molecule has 0 saturated carbocycles. The summed E-state index contributed by atoms with van der Waals surface area (Å²) in [5.74, 6) is 0.426. The standard InChI is InChI=1S/C10H8ClNO3S2/c11-17(13,14)5-8-6-1-2-9-7(3-4-16-9)10(6)15-12-8/h3-4H,1-2,5H2. The van der Waals surface area contributed by atoms with E-state index in [0.717, 1.165) is 24.0 Å². The molecular formula is C10H8ClNO3S2. The second-order valence-corrected chi connectivity index (χ2v) is 7.66. The number of fused-ring (bicyclic) bond motifs is 3. The molecular weight excluding hydrogens is 282 g/mol. The van der Waals surface area contributed by atoms with Gasteiger partial charge in [-0.2, -0.15) is 0 Å². The third-order valence-electron chi connectivity index (χ3n) is 2.77. The first-order valence-electron chi connectivity index (χ1n) is 5.01. The Morgan fingerprint density at radius 3 is 3.06 bits per heavy atom. The van der Waals surface area contributed by atoms with Crippen LogP contribution in [0.2, 0.25) is 0 Å². The van der Waals surface area contributed by atoms with Crippen LogP contribution in [0.25, 0.3) is 11.3 Å². The molecule has 2 heterocycles. The number of hydrogen-bond acceptors (Lipinski definition) is 5. The molecule has 0 N–H and O–H groups in total. The topological polar surface area (TPSA) is 60.2 Å². The Bertz CT molecular complexity index is 672. The van der Waals surface area contributed by atoms with Gasteiger partial charge in [0.25, 0.3) is 0 Å². The number of nitrogens with zero attached hydrogens (tertiary/aromatic N) is 1. The maximum atomic E-state index is 11.1. The van der Waals surface area contributed by atoms with Crippen molar-refractivity contribution >= 4 is 31.1 Å². The number of hydrogen-bond donors (Lipinski definition) is 0. The first-order chi connectivity index (χ1) is 8.04. The minimum absolute atomic E-state index is 0.271. The lowest BCUT2D eigenvalue weighted by molar-refractivity contribution is 0.425. The summed E-state index contributed by atoms with van der Waals surface area (Å²) in [6, 6.07) is 1.97. The molecule has 0 aromatic carbocycles. The third-order valence-corrected chi connectivity index (χ3v) is 4.70. The Morgan fingerprint density at radius 1 is 1.47 bits per heavy atom. The fraction of sp³-hybridized carbons (Fsp3) is 0.300. The monoisotopic (exact) mass is 289 g/mol. The van der Waals surface area contributed by atoms with Gasteiger partial charge < -0.3 is 4.52 Å². The van der Waals surface area contributed by atoms with Gasteiger partial charge in [0.15, 0.2) is 5.76 Å².